The maximum Gasteiger partial charge on any atom is 0.228 e. The summed E-state index contributed by atoms with van der Waals surface area (Å²) in [5.41, 5.74) is 3.26. The molecule has 3 aliphatic rings. The molecule has 168 valence electrons. The average molecular weight is 431 g/mol. The van der Waals surface area contributed by atoms with Gasteiger partial charge >= 0.3 is 0 Å². The molecule has 1 heterocycles. The maximum absolute atomic E-state index is 13.5. The lowest BCUT2D eigenvalue weighted by Crippen LogP contribution is -2.47. The van der Waals surface area contributed by atoms with E-state index < -0.39 is 5.41 Å². The van der Waals surface area contributed by atoms with Gasteiger partial charge in [0.25, 0.3) is 0 Å². The van der Waals surface area contributed by atoms with Gasteiger partial charge in [0.2, 0.25) is 11.8 Å². The molecule has 1 spiro atoms. The number of benzene rings is 2. The first-order valence-electron chi connectivity index (χ1n) is 12.2. The highest BCUT2D eigenvalue weighted by Gasteiger charge is 2.62. The molecule has 0 aromatic heterocycles. The summed E-state index contributed by atoms with van der Waals surface area (Å²) in [6.45, 7) is 5.22. The molecule has 1 aliphatic heterocycles. The fraction of sp³-hybridized carbons (Fsp3) is 0.500. The number of nitrogens with zero attached hydrogens (tertiary/aromatic N) is 1. The van der Waals surface area contributed by atoms with Crippen LogP contribution >= 0.6 is 0 Å². The van der Waals surface area contributed by atoms with Gasteiger partial charge in [-0.15, -0.1) is 0 Å². The Hall–Kier alpha value is -2.62. The molecule has 2 aromatic carbocycles. The van der Waals surface area contributed by atoms with Crippen molar-refractivity contribution in [1.82, 2.24) is 10.2 Å². The van der Waals surface area contributed by atoms with Crippen LogP contribution in [0.4, 0.5) is 0 Å². The van der Waals surface area contributed by atoms with Crippen LogP contribution in [0.5, 0.6) is 0 Å². The molecule has 2 aromatic rings. The first-order valence-corrected chi connectivity index (χ1v) is 12.2. The van der Waals surface area contributed by atoms with Gasteiger partial charge in [-0.1, -0.05) is 61.0 Å². The van der Waals surface area contributed by atoms with Gasteiger partial charge in [0.15, 0.2) is 0 Å². The quantitative estimate of drug-likeness (QED) is 0.714. The number of hydrogen-bond acceptors (Lipinski definition) is 2. The van der Waals surface area contributed by atoms with Gasteiger partial charge in [-0.25, -0.2) is 0 Å². The van der Waals surface area contributed by atoms with Crippen LogP contribution in [0.3, 0.4) is 0 Å². The lowest BCUT2D eigenvalue weighted by Gasteiger charge is -2.31. The molecule has 0 unspecified atom stereocenters. The Morgan fingerprint density at radius 3 is 2.41 bits per heavy atom. The Bertz CT molecular complexity index is 1010. The fourth-order valence-corrected chi connectivity index (χ4v) is 5.92. The Labute approximate surface area is 191 Å². The molecule has 2 saturated carbocycles. The van der Waals surface area contributed by atoms with E-state index in [0.29, 0.717) is 30.8 Å². The van der Waals surface area contributed by atoms with Gasteiger partial charge in [-0.2, -0.15) is 0 Å². The van der Waals surface area contributed by atoms with Crippen LogP contribution < -0.4 is 5.32 Å². The molecule has 2 amide bonds. The topological polar surface area (TPSA) is 49.4 Å². The van der Waals surface area contributed by atoms with Crippen molar-refractivity contribution in [2.24, 2.45) is 16.7 Å². The lowest BCUT2D eigenvalue weighted by atomic mass is 9.77. The predicted octanol–water partition coefficient (Wildman–Crippen LogP) is 4.83. The first kappa shape index (κ1) is 21.2. The number of carbonyl (C=O) groups is 2. The van der Waals surface area contributed by atoms with Gasteiger partial charge in [0.05, 0.1) is 5.41 Å². The molecule has 5 rings (SSSR count). The zero-order chi connectivity index (χ0) is 22.3. The number of amides is 2. The van der Waals surface area contributed by atoms with Crippen molar-refractivity contribution in [3.05, 3.63) is 60.2 Å². The number of likely N-dealkylation sites (tertiary alicyclic amines) is 1. The summed E-state index contributed by atoms with van der Waals surface area (Å²) in [5.74, 6) is 0.580. The normalized spacial score (nSPS) is 25.6. The predicted molar refractivity (Wildman–Crippen MR) is 127 cm³/mol. The van der Waals surface area contributed by atoms with Crippen LogP contribution in [0.25, 0.3) is 11.1 Å². The molecule has 2 atom stereocenters. The summed E-state index contributed by atoms with van der Waals surface area (Å²) >= 11 is 0. The zero-order valence-electron chi connectivity index (χ0n) is 19.3. The minimum Gasteiger partial charge on any atom is -0.353 e. The van der Waals surface area contributed by atoms with E-state index in [1.807, 2.05) is 24.8 Å². The summed E-state index contributed by atoms with van der Waals surface area (Å²) in [5, 5.41) is 3.17. The smallest absolute Gasteiger partial charge is 0.228 e. The molecule has 4 heteroatoms. The standard InChI is InChI=1S/C28H34N2O2/c1-20(2)29-26(32)28(15-16-30(19-28)25(31)24-18-27(24)13-8-14-27)17-22-11-6-7-12-23(22)21-9-4-3-5-10-21/h3-7,9-12,20,24H,8,13-19H2,1-2H3,(H,29,32)/t24-,28+/m1/s1. The zero-order valence-corrected chi connectivity index (χ0v) is 19.3. The molecule has 0 bridgehead atoms. The third-order valence-electron chi connectivity index (χ3n) is 8.04. The van der Waals surface area contributed by atoms with E-state index >= 15 is 0 Å². The highest BCUT2D eigenvalue weighted by molar-refractivity contribution is 5.88. The SMILES string of the molecule is CC(C)NC(=O)[C@]1(Cc2ccccc2-c2ccccc2)CCN(C(=O)[C@H]2CC23CCC3)C1. The van der Waals surface area contributed by atoms with E-state index in [2.05, 4.69) is 53.8 Å². The Balaban J connectivity index is 1.42. The molecular weight excluding hydrogens is 396 g/mol. The van der Waals surface area contributed by atoms with Gasteiger partial charge in [-0.3, -0.25) is 9.59 Å². The van der Waals surface area contributed by atoms with Gasteiger partial charge in [-0.05, 0) is 68.1 Å². The Morgan fingerprint density at radius 2 is 1.75 bits per heavy atom. The summed E-state index contributed by atoms with van der Waals surface area (Å²) in [6, 6.07) is 18.8. The maximum atomic E-state index is 13.5. The second-order valence-corrected chi connectivity index (χ2v) is 10.6. The van der Waals surface area contributed by atoms with Gasteiger partial charge < -0.3 is 10.2 Å². The van der Waals surface area contributed by atoms with Crippen LogP contribution in [-0.4, -0.2) is 35.8 Å². The number of rotatable bonds is 6. The second kappa shape index (κ2) is 8.06. The van der Waals surface area contributed by atoms with Crippen molar-refractivity contribution in [2.45, 2.75) is 58.4 Å². The third-order valence-corrected chi connectivity index (χ3v) is 8.04. The van der Waals surface area contributed by atoms with E-state index in [1.54, 1.807) is 0 Å². The fourth-order valence-electron chi connectivity index (χ4n) is 5.92. The van der Waals surface area contributed by atoms with Crippen molar-refractivity contribution in [1.29, 1.82) is 0 Å². The Kier molecular flexibility index (Phi) is 5.35. The van der Waals surface area contributed by atoms with Crippen LogP contribution in [0, 0.1) is 16.7 Å². The minimum atomic E-state index is -0.577. The lowest BCUT2D eigenvalue weighted by molar-refractivity contribution is -0.135. The molecular formula is C28H34N2O2. The average Bonchev–Trinajstić information content (AvgIpc) is 3.40. The highest BCUT2D eigenvalue weighted by Crippen LogP contribution is 2.66. The number of hydrogen-bond donors (Lipinski definition) is 1. The van der Waals surface area contributed by atoms with Gasteiger partial charge in [0.1, 0.15) is 0 Å². The van der Waals surface area contributed by atoms with Crippen LogP contribution in [0.1, 0.15) is 51.5 Å². The molecule has 2 aliphatic carbocycles. The Morgan fingerprint density at radius 1 is 1.03 bits per heavy atom. The molecule has 1 N–H and O–H groups in total. The van der Waals surface area contributed by atoms with E-state index in [1.165, 1.54) is 36.0 Å². The van der Waals surface area contributed by atoms with Crippen molar-refractivity contribution < 1.29 is 9.59 Å². The molecule has 4 nitrogen and oxygen atoms in total. The monoisotopic (exact) mass is 430 g/mol. The molecule has 3 fully saturated rings. The minimum absolute atomic E-state index is 0.0789. The summed E-state index contributed by atoms with van der Waals surface area (Å²) in [4.78, 5) is 28.8. The third kappa shape index (κ3) is 3.74. The van der Waals surface area contributed by atoms with Crippen molar-refractivity contribution in [3.63, 3.8) is 0 Å². The summed E-state index contributed by atoms with van der Waals surface area (Å²) in [6.07, 6.45) is 6.11. The van der Waals surface area contributed by atoms with Crippen molar-refractivity contribution in [2.75, 3.05) is 13.1 Å². The summed E-state index contributed by atoms with van der Waals surface area (Å²) < 4.78 is 0. The van der Waals surface area contributed by atoms with Crippen LogP contribution in [0.2, 0.25) is 0 Å². The first-order chi connectivity index (χ1) is 15.4. The van der Waals surface area contributed by atoms with Crippen LogP contribution in [0.15, 0.2) is 54.6 Å². The van der Waals surface area contributed by atoms with E-state index in [-0.39, 0.29) is 17.9 Å². The van der Waals surface area contributed by atoms with Crippen LogP contribution in [-0.2, 0) is 16.0 Å². The van der Waals surface area contributed by atoms with Crippen molar-refractivity contribution >= 4 is 11.8 Å². The molecule has 32 heavy (non-hydrogen) atoms. The second-order valence-electron chi connectivity index (χ2n) is 10.6. The number of carbonyl (C=O) groups excluding carboxylic acids is 2. The van der Waals surface area contributed by atoms with E-state index in [0.717, 1.165) is 12.8 Å². The number of nitrogens with one attached hydrogen (secondary N) is 1. The highest BCUT2D eigenvalue weighted by atomic mass is 16.2. The van der Waals surface area contributed by atoms with Crippen molar-refractivity contribution in [3.8, 4) is 11.1 Å². The van der Waals surface area contributed by atoms with E-state index in [9.17, 15) is 9.59 Å². The molecule has 1 saturated heterocycles. The summed E-state index contributed by atoms with van der Waals surface area (Å²) in [7, 11) is 0. The van der Waals surface area contributed by atoms with Gasteiger partial charge in [0, 0.05) is 25.0 Å². The molecule has 0 radical (unpaired) electrons. The van der Waals surface area contributed by atoms with E-state index in [4.69, 9.17) is 0 Å². The largest absolute Gasteiger partial charge is 0.353 e.